The van der Waals surface area contributed by atoms with E-state index < -0.39 is 10.4 Å². The lowest BCUT2D eigenvalue weighted by atomic mass is 10.2. The predicted octanol–water partition coefficient (Wildman–Crippen LogP) is 0.283. The van der Waals surface area contributed by atoms with E-state index in [4.69, 9.17) is 4.74 Å². The Morgan fingerprint density at radius 2 is 2.23 bits per heavy atom. The average molecular weight is 254 g/mol. The maximum atomic E-state index is 11.3. The maximum absolute atomic E-state index is 11.3. The highest BCUT2D eigenvalue weighted by molar-refractivity contribution is 9.10. The lowest BCUT2D eigenvalue weighted by Crippen LogP contribution is -2.42. The van der Waals surface area contributed by atoms with Gasteiger partial charge < -0.3 is 15.2 Å². The number of amides is 1. The standard InChI is InChI=1S/C8H16BrNO3/c1-8(2,9)7(12)10-4-6(11)5-13-3/h6,11H,4-5H2,1-3H3,(H,10,12). The van der Waals surface area contributed by atoms with Gasteiger partial charge in [0.05, 0.1) is 17.0 Å². The van der Waals surface area contributed by atoms with E-state index >= 15 is 0 Å². The molecule has 0 aliphatic rings. The Balaban J connectivity index is 3.71. The summed E-state index contributed by atoms with van der Waals surface area (Å²) in [5, 5.41) is 11.8. The van der Waals surface area contributed by atoms with Crippen LogP contribution in [0.1, 0.15) is 13.8 Å². The molecule has 0 aromatic rings. The summed E-state index contributed by atoms with van der Waals surface area (Å²) >= 11 is 3.21. The summed E-state index contributed by atoms with van der Waals surface area (Å²) in [6.45, 7) is 3.92. The van der Waals surface area contributed by atoms with E-state index in [1.807, 2.05) is 0 Å². The molecule has 0 aromatic heterocycles. The highest BCUT2D eigenvalue weighted by Gasteiger charge is 2.23. The van der Waals surface area contributed by atoms with Crippen LogP contribution in [0.25, 0.3) is 0 Å². The molecule has 2 N–H and O–H groups in total. The molecule has 0 aliphatic carbocycles. The Bertz CT molecular complexity index is 167. The molecule has 0 spiro atoms. The van der Waals surface area contributed by atoms with Crippen LogP contribution < -0.4 is 5.32 Å². The third kappa shape index (κ3) is 6.01. The van der Waals surface area contributed by atoms with Crippen LogP contribution in [0.2, 0.25) is 0 Å². The van der Waals surface area contributed by atoms with E-state index in [2.05, 4.69) is 21.2 Å². The molecule has 1 unspecified atom stereocenters. The van der Waals surface area contributed by atoms with Crippen LogP contribution in [0.15, 0.2) is 0 Å². The molecule has 0 fully saturated rings. The van der Waals surface area contributed by atoms with Crippen molar-refractivity contribution in [2.45, 2.75) is 24.3 Å². The van der Waals surface area contributed by atoms with Gasteiger partial charge in [0.2, 0.25) is 5.91 Å². The number of carbonyl (C=O) groups is 1. The predicted molar refractivity (Wildman–Crippen MR) is 53.9 cm³/mol. The van der Waals surface area contributed by atoms with Crippen LogP contribution in [0.5, 0.6) is 0 Å². The van der Waals surface area contributed by atoms with Crippen molar-refractivity contribution in [2.24, 2.45) is 0 Å². The van der Waals surface area contributed by atoms with Crippen molar-refractivity contribution in [1.29, 1.82) is 0 Å². The van der Waals surface area contributed by atoms with E-state index in [9.17, 15) is 9.90 Å². The molecule has 78 valence electrons. The van der Waals surface area contributed by atoms with Crippen molar-refractivity contribution in [3.8, 4) is 0 Å². The van der Waals surface area contributed by atoms with Crippen LogP contribution >= 0.6 is 15.9 Å². The molecule has 0 bridgehead atoms. The quantitative estimate of drug-likeness (QED) is 0.693. The minimum atomic E-state index is -0.649. The lowest BCUT2D eigenvalue weighted by molar-refractivity contribution is -0.123. The molecule has 0 saturated heterocycles. The molecule has 0 heterocycles. The number of nitrogens with one attached hydrogen (secondary N) is 1. The number of methoxy groups -OCH3 is 1. The Labute approximate surface area is 86.8 Å². The molecule has 0 rings (SSSR count). The molecule has 1 amide bonds. The molecule has 0 radical (unpaired) electrons. The maximum Gasteiger partial charge on any atom is 0.236 e. The number of rotatable bonds is 5. The monoisotopic (exact) mass is 253 g/mol. The van der Waals surface area contributed by atoms with Gasteiger partial charge in [0.25, 0.3) is 0 Å². The molecule has 0 saturated carbocycles. The summed E-state index contributed by atoms with van der Waals surface area (Å²) < 4.78 is 4.11. The van der Waals surface area contributed by atoms with Gasteiger partial charge in [0, 0.05) is 13.7 Å². The van der Waals surface area contributed by atoms with Gasteiger partial charge in [-0.25, -0.2) is 0 Å². The van der Waals surface area contributed by atoms with Gasteiger partial charge in [-0.05, 0) is 13.8 Å². The second-order valence-corrected chi connectivity index (χ2v) is 5.27. The summed E-state index contributed by atoms with van der Waals surface area (Å²) in [4.78, 5) is 11.3. The molecule has 0 aromatic carbocycles. The van der Waals surface area contributed by atoms with Gasteiger partial charge in [0.1, 0.15) is 0 Å². The normalized spacial score (nSPS) is 13.9. The van der Waals surface area contributed by atoms with E-state index in [1.54, 1.807) is 13.8 Å². The second-order valence-electron chi connectivity index (χ2n) is 3.29. The Morgan fingerprint density at radius 1 is 1.69 bits per heavy atom. The van der Waals surface area contributed by atoms with Crippen LogP contribution in [0, 0.1) is 0 Å². The Morgan fingerprint density at radius 3 is 2.62 bits per heavy atom. The number of ether oxygens (including phenoxy) is 1. The molecule has 5 heteroatoms. The zero-order valence-electron chi connectivity index (χ0n) is 8.13. The third-order valence-electron chi connectivity index (χ3n) is 1.40. The molecule has 4 nitrogen and oxygen atoms in total. The molecular weight excluding hydrogens is 238 g/mol. The van der Waals surface area contributed by atoms with E-state index in [0.717, 1.165) is 0 Å². The van der Waals surface area contributed by atoms with Crippen molar-refractivity contribution in [3.63, 3.8) is 0 Å². The van der Waals surface area contributed by atoms with E-state index in [1.165, 1.54) is 7.11 Å². The van der Waals surface area contributed by atoms with Gasteiger partial charge in [-0.15, -0.1) is 0 Å². The fourth-order valence-electron chi connectivity index (χ4n) is 0.672. The Hall–Kier alpha value is -0.130. The van der Waals surface area contributed by atoms with Crippen LogP contribution in [-0.4, -0.2) is 41.7 Å². The number of aliphatic hydroxyl groups excluding tert-OH is 1. The van der Waals surface area contributed by atoms with Crippen LogP contribution in [0.4, 0.5) is 0 Å². The first-order chi connectivity index (χ1) is 5.88. The SMILES string of the molecule is COCC(O)CNC(=O)C(C)(C)Br. The smallest absolute Gasteiger partial charge is 0.236 e. The van der Waals surface area contributed by atoms with E-state index in [-0.39, 0.29) is 19.1 Å². The summed E-state index contributed by atoms with van der Waals surface area (Å²) in [6.07, 6.45) is -0.649. The third-order valence-corrected chi connectivity index (χ3v) is 1.76. The highest BCUT2D eigenvalue weighted by atomic mass is 79.9. The van der Waals surface area contributed by atoms with Crippen LogP contribution in [-0.2, 0) is 9.53 Å². The summed E-state index contributed by atoms with van der Waals surface area (Å²) in [6, 6.07) is 0. The summed E-state index contributed by atoms with van der Waals surface area (Å²) in [7, 11) is 1.50. The molecule has 1 atom stereocenters. The first-order valence-corrected chi connectivity index (χ1v) is 4.81. The molecule has 0 aliphatic heterocycles. The second kappa shape index (κ2) is 5.57. The minimum absolute atomic E-state index is 0.150. The van der Waals surface area contributed by atoms with Gasteiger partial charge in [-0.3, -0.25) is 4.79 Å². The number of aliphatic hydroxyl groups is 1. The largest absolute Gasteiger partial charge is 0.389 e. The topological polar surface area (TPSA) is 58.6 Å². The zero-order valence-corrected chi connectivity index (χ0v) is 9.72. The van der Waals surface area contributed by atoms with Gasteiger partial charge in [-0.2, -0.15) is 0 Å². The number of alkyl halides is 1. The van der Waals surface area contributed by atoms with E-state index in [0.29, 0.717) is 0 Å². The van der Waals surface area contributed by atoms with Crippen molar-refractivity contribution in [1.82, 2.24) is 5.32 Å². The van der Waals surface area contributed by atoms with Crippen molar-refractivity contribution < 1.29 is 14.6 Å². The highest BCUT2D eigenvalue weighted by Crippen LogP contribution is 2.14. The molecule has 13 heavy (non-hydrogen) atoms. The van der Waals surface area contributed by atoms with Gasteiger partial charge in [-0.1, -0.05) is 15.9 Å². The van der Waals surface area contributed by atoms with Crippen molar-refractivity contribution in [3.05, 3.63) is 0 Å². The van der Waals surface area contributed by atoms with Crippen molar-refractivity contribution in [2.75, 3.05) is 20.3 Å². The first kappa shape index (κ1) is 12.9. The number of hydrogen-bond acceptors (Lipinski definition) is 3. The fraction of sp³-hybridized carbons (Fsp3) is 0.875. The molecular formula is C8H16BrNO3. The number of hydrogen-bond donors (Lipinski definition) is 2. The van der Waals surface area contributed by atoms with Crippen molar-refractivity contribution >= 4 is 21.8 Å². The summed E-state index contributed by atoms with van der Waals surface area (Å²) in [5.41, 5.74) is 0. The first-order valence-electron chi connectivity index (χ1n) is 4.02. The van der Waals surface area contributed by atoms with Crippen LogP contribution in [0.3, 0.4) is 0 Å². The van der Waals surface area contributed by atoms with Gasteiger partial charge in [0.15, 0.2) is 0 Å². The lowest BCUT2D eigenvalue weighted by Gasteiger charge is -2.17. The zero-order chi connectivity index (χ0) is 10.5. The Kier molecular flexibility index (Phi) is 5.51. The minimum Gasteiger partial charge on any atom is -0.389 e. The number of halogens is 1. The fourth-order valence-corrected chi connectivity index (χ4v) is 0.812. The summed E-state index contributed by atoms with van der Waals surface area (Å²) in [5.74, 6) is -0.150. The number of carbonyl (C=O) groups excluding carboxylic acids is 1. The van der Waals surface area contributed by atoms with Gasteiger partial charge >= 0.3 is 0 Å². The average Bonchev–Trinajstić information content (AvgIpc) is 1.99.